The van der Waals surface area contributed by atoms with Gasteiger partial charge in [0.1, 0.15) is 18.2 Å². The molecule has 0 aliphatic rings. The van der Waals surface area contributed by atoms with Crippen LogP contribution in [0.3, 0.4) is 0 Å². The van der Waals surface area contributed by atoms with Crippen molar-refractivity contribution < 1.29 is 17.5 Å². The van der Waals surface area contributed by atoms with E-state index >= 15 is 0 Å². The van der Waals surface area contributed by atoms with Crippen LogP contribution in [-0.2, 0) is 9.05 Å². The molecule has 0 saturated heterocycles. The van der Waals surface area contributed by atoms with Crippen molar-refractivity contribution in [1.29, 1.82) is 0 Å². The monoisotopic (exact) mass is 316 g/mol. The van der Waals surface area contributed by atoms with Crippen LogP contribution in [0.25, 0.3) is 0 Å². The van der Waals surface area contributed by atoms with Gasteiger partial charge in [0.15, 0.2) is 0 Å². The van der Waals surface area contributed by atoms with Gasteiger partial charge in [0.25, 0.3) is 0 Å². The van der Waals surface area contributed by atoms with Crippen molar-refractivity contribution in [2.45, 2.75) is 0 Å². The standard InChI is InChI=1S/C8H7BrClFO3S/c9-7-5-6(1-2-8(7)11)14-3-4-15(10,12)13/h1-2,5H,3-4H2. The zero-order chi connectivity index (χ0) is 11.5. The Morgan fingerprint density at radius 3 is 2.67 bits per heavy atom. The van der Waals surface area contributed by atoms with Gasteiger partial charge in [-0.25, -0.2) is 12.8 Å². The summed E-state index contributed by atoms with van der Waals surface area (Å²) in [6.45, 7) is -0.0656. The summed E-state index contributed by atoms with van der Waals surface area (Å²) in [6.07, 6.45) is 0. The van der Waals surface area contributed by atoms with Crippen molar-refractivity contribution in [3.63, 3.8) is 0 Å². The average molecular weight is 318 g/mol. The Kier molecular flexibility index (Phi) is 4.36. The molecule has 3 nitrogen and oxygen atoms in total. The lowest BCUT2D eigenvalue weighted by molar-refractivity contribution is 0.340. The van der Waals surface area contributed by atoms with Crippen LogP contribution in [0.15, 0.2) is 22.7 Å². The quantitative estimate of drug-likeness (QED) is 0.802. The van der Waals surface area contributed by atoms with E-state index in [0.717, 1.165) is 0 Å². The molecule has 1 aromatic rings. The van der Waals surface area contributed by atoms with Crippen LogP contribution >= 0.6 is 26.6 Å². The Bertz CT molecular complexity index is 449. The average Bonchev–Trinajstić information content (AvgIpc) is 2.09. The minimum Gasteiger partial charge on any atom is -0.492 e. The first-order valence-electron chi connectivity index (χ1n) is 3.89. The molecular weight excluding hydrogens is 311 g/mol. The Morgan fingerprint density at radius 1 is 1.47 bits per heavy atom. The third-order valence-corrected chi connectivity index (χ3v) is 3.21. The molecule has 0 radical (unpaired) electrons. The lowest BCUT2D eigenvalue weighted by Crippen LogP contribution is -2.08. The van der Waals surface area contributed by atoms with Crippen LogP contribution in [0.2, 0.25) is 0 Å². The van der Waals surface area contributed by atoms with Crippen molar-refractivity contribution >= 4 is 35.7 Å². The molecule has 0 spiro atoms. The fraction of sp³-hybridized carbons (Fsp3) is 0.250. The van der Waals surface area contributed by atoms with E-state index in [9.17, 15) is 12.8 Å². The first-order valence-corrected chi connectivity index (χ1v) is 7.16. The highest BCUT2D eigenvalue weighted by Crippen LogP contribution is 2.21. The fourth-order valence-electron chi connectivity index (χ4n) is 0.826. The van der Waals surface area contributed by atoms with Gasteiger partial charge in [-0.2, -0.15) is 0 Å². The van der Waals surface area contributed by atoms with Gasteiger partial charge in [0.2, 0.25) is 9.05 Å². The second-order valence-electron chi connectivity index (χ2n) is 2.67. The minimum absolute atomic E-state index is 0.0656. The fourth-order valence-corrected chi connectivity index (χ4v) is 1.65. The SMILES string of the molecule is O=S(=O)(Cl)CCOc1ccc(F)c(Br)c1. The van der Waals surface area contributed by atoms with E-state index < -0.39 is 14.9 Å². The number of ether oxygens (including phenoxy) is 1. The van der Waals surface area contributed by atoms with Crippen LogP contribution < -0.4 is 4.74 Å². The molecule has 0 heterocycles. The third kappa shape index (κ3) is 4.81. The molecule has 0 N–H and O–H groups in total. The molecule has 0 aliphatic heterocycles. The molecule has 84 valence electrons. The van der Waals surface area contributed by atoms with Crippen molar-refractivity contribution in [3.8, 4) is 5.75 Å². The van der Waals surface area contributed by atoms with E-state index in [1.807, 2.05) is 0 Å². The van der Waals surface area contributed by atoms with E-state index in [4.69, 9.17) is 15.4 Å². The van der Waals surface area contributed by atoms with E-state index in [-0.39, 0.29) is 16.8 Å². The van der Waals surface area contributed by atoms with Gasteiger partial charge in [-0.1, -0.05) is 0 Å². The van der Waals surface area contributed by atoms with Crippen molar-refractivity contribution in [1.82, 2.24) is 0 Å². The van der Waals surface area contributed by atoms with Gasteiger partial charge in [-0.3, -0.25) is 0 Å². The van der Waals surface area contributed by atoms with Gasteiger partial charge in [0.05, 0.1) is 10.2 Å². The summed E-state index contributed by atoms with van der Waals surface area (Å²) < 4.78 is 39.2. The summed E-state index contributed by atoms with van der Waals surface area (Å²) in [5.41, 5.74) is 0. The van der Waals surface area contributed by atoms with Crippen LogP contribution in [0.4, 0.5) is 4.39 Å². The first kappa shape index (κ1) is 12.7. The molecule has 0 saturated carbocycles. The Morgan fingerprint density at radius 2 is 2.13 bits per heavy atom. The van der Waals surface area contributed by atoms with Crippen LogP contribution in [0.5, 0.6) is 5.75 Å². The van der Waals surface area contributed by atoms with E-state index in [1.165, 1.54) is 18.2 Å². The molecule has 15 heavy (non-hydrogen) atoms. The summed E-state index contributed by atoms with van der Waals surface area (Å²) in [5, 5.41) is 0. The molecule has 0 aliphatic carbocycles. The molecule has 0 fully saturated rings. The third-order valence-electron chi connectivity index (χ3n) is 1.49. The Hall–Kier alpha value is -0.330. The van der Waals surface area contributed by atoms with E-state index in [1.54, 1.807) is 0 Å². The van der Waals surface area contributed by atoms with Gasteiger partial charge in [-0.15, -0.1) is 0 Å². The molecule has 7 heteroatoms. The molecule has 0 aromatic heterocycles. The molecule has 1 rings (SSSR count). The number of benzene rings is 1. The second kappa shape index (κ2) is 5.14. The maximum absolute atomic E-state index is 12.8. The molecule has 0 amide bonds. The number of rotatable bonds is 4. The van der Waals surface area contributed by atoms with Crippen LogP contribution in [0, 0.1) is 5.82 Å². The van der Waals surface area contributed by atoms with Crippen LogP contribution in [0.1, 0.15) is 0 Å². The molecular formula is C8H7BrClFO3S. The molecule has 0 atom stereocenters. The summed E-state index contributed by atoms with van der Waals surface area (Å²) in [5.74, 6) is -0.320. The Balaban J connectivity index is 2.55. The zero-order valence-electron chi connectivity index (χ0n) is 7.41. The lowest BCUT2D eigenvalue weighted by Gasteiger charge is -2.05. The van der Waals surface area contributed by atoms with Gasteiger partial charge >= 0.3 is 0 Å². The predicted molar refractivity (Wildman–Crippen MR) is 59.2 cm³/mol. The van der Waals surface area contributed by atoms with Crippen LogP contribution in [-0.4, -0.2) is 20.8 Å². The van der Waals surface area contributed by atoms with E-state index in [0.29, 0.717) is 5.75 Å². The van der Waals surface area contributed by atoms with Gasteiger partial charge < -0.3 is 4.74 Å². The lowest BCUT2D eigenvalue weighted by atomic mass is 10.3. The minimum atomic E-state index is -3.55. The van der Waals surface area contributed by atoms with Gasteiger partial charge in [-0.05, 0) is 34.1 Å². The molecule has 0 unspecified atom stereocenters. The maximum atomic E-state index is 12.8. The van der Waals surface area contributed by atoms with Gasteiger partial charge in [0, 0.05) is 10.7 Å². The zero-order valence-corrected chi connectivity index (χ0v) is 10.6. The smallest absolute Gasteiger partial charge is 0.235 e. The van der Waals surface area contributed by atoms with Crippen molar-refractivity contribution in [2.24, 2.45) is 0 Å². The van der Waals surface area contributed by atoms with Crippen molar-refractivity contribution in [3.05, 3.63) is 28.5 Å². The maximum Gasteiger partial charge on any atom is 0.235 e. The Labute approximate surface area is 99.7 Å². The summed E-state index contributed by atoms with van der Waals surface area (Å²) in [7, 11) is 1.43. The summed E-state index contributed by atoms with van der Waals surface area (Å²) in [6, 6.07) is 4.03. The normalized spacial score (nSPS) is 11.4. The topological polar surface area (TPSA) is 43.4 Å². The number of halogens is 3. The largest absolute Gasteiger partial charge is 0.492 e. The first-order chi connectivity index (χ1) is 6.88. The number of hydrogen-bond acceptors (Lipinski definition) is 3. The number of hydrogen-bond donors (Lipinski definition) is 0. The highest BCUT2D eigenvalue weighted by Gasteiger charge is 2.06. The van der Waals surface area contributed by atoms with E-state index in [2.05, 4.69) is 15.9 Å². The highest BCUT2D eigenvalue weighted by molar-refractivity contribution is 9.10. The molecule has 1 aromatic carbocycles. The predicted octanol–water partition coefficient (Wildman–Crippen LogP) is 2.54. The second-order valence-corrected chi connectivity index (χ2v) is 6.42. The highest BCUT2D eigenvalue weighted by atomic mass is 79.9. The summed E-state index contributed by atoms with van der Waals surface area (Å²) in [4.78, 5) is 0. The molecule has 0 bridgehead atoms. The summed E-state index contributed by atoms with van der Waals surface area (Å²) >= 11 is 2.98. The van der Waals surface area contributed by atoms with Crippen molar-refractivity contribution in [2.75, 3.05) is 12.4 Å².